The number of carbonyl (C=O) groups is 3. The molecule has 0 saturated carbocycles. The first-order chi connectivity index (χ1) is 12.8. The van der Waals surface area contributed by atoms with Gasteiger partial charge in [-0.05, 0) is 34.4 Å². The van der Waals surface area contributed by atoms with Crippen molar-refractivity contribution in [1.29, 1.82) is 0 Å². The van der Waals surface area contributed by atoms with Gasteiger partial charge in [-0.3, -0.25) is 14.4 Å². The molecule has 0 aromatic rings. The average molecular weight is 419 g/mol. The number of nitrogens with two attached hydrogens (primary N) is 1. The molecule has 0 radical (unpaired) electrons. The minimum atomic E-state index is -1.16. The van der Waals surface area contributed by atoms with Crippen LogP contribution in [0.5, 0.6) is 0 Å². The third kappa shape index (κ3) is 9.75. The summed E-state index contributed by atoms with van der Waals surface area (Å²) in [5, 5.41) is 10.1. The van der Waals surface area contributed by atoms with Crippen molar-refractivity contribution in [1.82, 2.24) is 14.7 Å². The number of likely N-dealkylation sites (N-methyl/N-ethyl adjacent to an activating group) is 2. The molecule has 0 rings (SSSR count). The van der Waals surface area contributed by atoms with Crippen molar-refractivity contribution in [2.24, 2.45) is 5.73 Å². The Morgan fingerprint density at radius 1 is 1.07 bits per heavy atom. The van der Waals surface area contributed by atoms with Gasteiger partial charge in [0.15, 0.2) is 0 Å². The lowest BCUT2D eigenvalue weighted by molar-refractivity contribution is -0.147. The molecule has 28 heavy (non-hydrogen) atoms. The van der Waals surface area contributed by atoms with Crippen molar-refractivity contribution in [2.45, 2.75) is 57.7 Å². The number of nitrogens with zero attached hydrogens (tertiary/aromatic N) is 3. The van der Waals surface area contributed by atoms with E-state index in [1.807, 2.05) is 25.9 Å². The molecule has 0 aromatic heterocycles. The molecule has 9 heteroatoms. The Labute approximate surface area is 173 Å². The molecule has 0 aliphatic carbocycles. The third-order valence-electron chi connectivity index (χ3n) is 4.40. The summed E-state index contributed by atoms with van der Waals surface area (Å²) in [4.78, 5) is 42.3. The van der Waals surface area contributed by atoms with E-state index < -0.39 is 23.6 Å². The quantitative estimate of drug-likeness (QED) is 0.419. The Kier molecular flexibility index (Phi) is 11.7. The number of thioether (sulfide) groups is 1. The van der Waals surface area contributed by atoms with Gasteiger partial charge in [0.25, 0.3) is 0 Å². The summed E-state index contributed by atoms with van der Waals surface area (Å²) >= 11 is 1.58. The van der Waals surface area contributed by atoms with Crippen LogP contribution in [0.15, 0.2) is 0 Å². The summed E-state index contributed by atoms with van der Waals surface area (Å²) in [5.41, 5.74) is 4.33. The number of hydrogen-bond acceptors (Lipinski definition) is 6. The summed E-state index contributed by atoms with van der Waals surface area (Å²) < 4.78 is 0. The second kappa shape index (κ2) is 12.3. The SMILES string of the molecule is CCCC(=O)N(C)[C@@H](CSCCN(C)C)C(=O)N(C)[C@@H](CC(C)(C)O)C(N)=O. The maximum absolute atomic E-state index is 13.2. The van der Waals surface area contributed by atoms with Gasteiger partial charge in [-0.15, -0.1) is 0 Å². The molecule has 0 heterocycles. The molecule has 164 valence electrons. The number of amides is 3. The number of hydrogen-bond donors (Lipinski definition) is 2. The smallest absolute Gasteiger partial charge is 0.246 e. The molecule has 0 spiro atoms. The largest absolute Gasteiger partial charge is 0.390 e. The predicted octanol–water partition coefficient (Wildman–Crippen LogP) is 0.382. The lowest BCUT2D eigenvalue weighted by atomic mass is 9.97. The van der Waals surface area contributed by atoms with Gasteiger partial charge in [-0.1, -0.05) is 6.92 Å². The van der Waals surface area contributed by atoms with E-state index in [1.54, 1.807) is 32.7 Å². The van der Waals surface area contributed by atoms with Crippen LogP contribution in [0, 0.1) is 0 Å². The molecular weight excluding hydrogens is 380 g/mol. The summed E-state index contributed by atoms with van der Waals surface area (Å²) in [6.07, 6.45) is 1.07. The molecule has 2 atom stereocenters. The monoisotopic (exact) mass is 418 g/mol. The summed E-state index contributed by atoms with van der Waals surface area (Å²) in [5.74, 6) is 0.105. The van der Waals surface area contributed by atoms with Crippen LogP contribution in [-0.2, 0) is 14.4 Å². The molecule has 0 aliphatic heterocycles. The molecule has 0 fully saturated rings. The van der Waals surface area contributed by atoms with Crippen LogP contribution >= 0.6 is 11.8 Å². The van der Waals surface area contributed by atoms with E-state index in [1.165, 1.54) is 16.8 Å². The number of primary amides is 1. The first-order valence-corrected chi connectivity index (χ1v) is 10.7. The van der Waals surface area contributed by atoms with Gasteiger partial charge >= 0.3 is 0 Å². The maximum atomic E-state index is 13.2. The fourth-order valence-electron chi connectivity index (χ4n) is 2.65. The highest BCUT2D eigenvalue weighted by molar-refractivity contribution is 7.99. The van der Waals surface area contributed by atoms with Gasteiger partial charge in [-0.2, -0.15) is 11.8 Å². The Hall–Kier alpha value is -1.32. The maximum Gasteiger partial charge on any atom is 0.246 e. The lowest BCUT2D eigenvalue weighted by Gasteiger charge is -2.35. The fraction of sp³-hybridized carbons (Fsp3) is 0.842. The molecule has 0 aromatic carbocycles. The first-order valence-electron chi connectivity index (χ1n) is 9.58. The second-order valence-corrected chi connectivity index (χ2v) is 9.18. The van der Waals surface area contributed by atoms with E-state index in [2.05, 4.69) is 0 Å². The molecule has 0 unspecified atom stereocenters. The summed E-state index contributed by atoms with van der Waals surface area (Å²) in [6, 6.07) is -1.64. The minimum absolute atomic E-state index is 0.0255. The average Bonchev–Trinajstić information content (AvgIpc) is 2.57. The first kappa shape index (κ1) is 26.7. The second-order valence-electron chi connectivity index (χ2n) is 8.03. The predicted molar refractivity (Wildman–Crippen MR) is 114 cm³/mol. The Bertz CT molecular complexity index is 523. The molecule has 8 nitrogen and oxygen atoms in total. The van der Waals surface area contributed by atoms with Crippen LogP contribution < -0.4 is 5.73 Å². The van der Waals surface area contributed by atoms with Gasteiger partial charge < -0.3 is 25.5 Å². The number of aliphatic hydroxyl groups is 1. The van der Waals surface area contributed by atoms with E-state index in [4.69, 9.17) is 5.73 Å². The normalized spacial score (nSPS) is 13.9. The fourth-order valence-corrected chi connectivity index (χ4v) is 3.90. The molecule has 3 N–H and O–H groups in total. The summed E-state index contributed by atoms with van der Waals surface area (Å²) in [6.45, 7) is 5.89. The van der Waals surface area contributed by atoms with E-state index >= 15 is 0 Å². The van der Waals surface area contributed by atoms with Crippen molar-refractivity contribution in [3.05, 3.63) is 0 Å². The zero-order valence-corrected chi connectivity index (χ0v) is 19.2. The van der Waals surface area contributed by atoms with Gasteiger partial charge in [0, 0.05) is 45.0 Å². The van der Waals surface area contributed by atoms with Crippen molar-refractivity contribution in [3.63, 3.8) is 0 Å². The number of rotatable bonds is 13. The molecule has 3 amide bonds. The third-order valence-corrected chi connectivity index (χ3v) is 5.43. The van der Waals surface area contributed by atoms with Gasteiger partial charge in [0.05, 0.1) is 5.60 Å². The zero-order valence-electron chi connectivity index (χ0n) is 18.4. The van der Waals surface area contributed by atoms with Gasteiger partial charge in [-0.25, -0.2) is 0 Å². The highest BCUT2D eigenvalue weighted by Crippen LogP contribution is 2.18. The topological polar surface area (TPSA) is 107 Å². The van der Waals surface area contributed by atoms with E-state index in [0.717, 1.165) is 12.3 Å². The van der Waals surface area contributed by atoms with Crippen LogP contribution in [0.25, 0.3) is 0 Å². The molecular formula is C19H38N4O4S. The number of carbonyl (C=O) groups excluding carboxylic acids is 3. The van der Waals surface area contributed by atoms with Crippen LogP contribution in [0.1, 0.15) is 40.0 Å². The van der Waals surface area contributed by atoms with Crippen LogP contribution in [0.2, 0.25) is 0 Å². The Balaban J connectivity index is 5.43. The van der Waals surface area contributed by atoms with Crippen molar-refractivity contribution >= 4 is 29.5 Å². The van der Waals surface area contributed by atoms with Crippen LogP contribution in [0.3, 0.4) is 0 Å². The van der Waals surface area contributed by atoms with Gasteiger partial charge in [0.2, 0.25) is 17.7 Å². The standard InChI is InChI=1S/C19H38N4O4S/c1-8-9-16(24)22(6)15(13-28-11-10-21(4)5)18(26)23(7)14(17(20)25)12-19(2,3)27/h14-15,27H,8-13H2,1-7H3,(H2,20,25)/t14-,15-/m0/s1. The summed E-state index contributed by atoms with van der Waals surface area (Å²) in [7, 11) is 7.07. The van der Waals surface area contributed by atoms with Crippen LogP contribution in [-0.4, -0.2) is 101 Å². The van der Waals surface area contributed by atoms with Crippen molar-refractivity contribution in [3.8, 4) is 0 Å². The Morgan fingerprint density at radius 2 is 1.64 bits per heavy atom. The van der Waals surface area contributed by atoms with E-state index in [-0.39, 0.29) is 18.2 Å². The molecule has 0 saturated heterocycles. The van der Waals surface area contributed by atoms with E-state index in [0.29, 0.717) is 18.6 Å². The van der Waals surface area contributed by atoms with Crippen molar-refractivity contribution in [2.75, 3.05) is 46.2 Å². The van der Waals surface area contributed by atoms with Crippen molar-refractivity contribution < 1.29 is 19.5 Å². The molecule has 0 bridgehead atoms. The van der Waals surface area contributed by atoms with E-state index in [9.17, 15) is 19.5 Å². The van der Waals surface area contributed by atoms with Gasteiger partial charge in [0.1, 0.15) is 12.1 Å². The lowest BCUT2D eigenvalue weighted by Crippen LogP contribution is -2.56. The van der Waals surface area contributed by atoms with Crippen LogP contribution in [0.4, 0.5) is 0 Å². The highest BCUT2D eigenvalue weighted by atomic mass is 32.2. The zero-order chi connectivity index (χ0) is 22.1. The Morgan fingerprint density at radius 3 is 2.07 bits per heavy atom. The molecule has 0 aliphatic rings. The minimum Gasteiger partial charge on any atom is -0.390 e. The highest BCUT2D eigenvalue weighted by Gasteiger charge is 2.36.